The first-order valence-electron chi connectivity index (χ1n) is 11.7. The summed E-state index contributed by atoms with van der Waals surface area (Å²) < 4.78 is 58.5. The fraction of sp³-hybridized carbons (Fsp3) is 0.458. The van der Waals surface area contributed by atoms with Crippen LogP contribution in [0.15, 0.2) is 47.4 Å². The molecule has 1 aliphatic heterocycles. The molecule has 1 heterocycles. The Morgan fingerprint density at radius 1 is 1.08 bits per heavy atom. The van der Waals surface area contributed by atoms with Gasteiger partial charge in [0.25, 0.3) is 0 Å². The van der Waals surface area contributed by atoms with Crippen LogP contribution in [0.4, 0.5) is 5.69 Å². The Labute approximate surface area is 218 Å². The Morgan fingerprint density at radius 2 is 1.72 bits per heavy atom. The highest BCUT2D eigenvalue weighted by Gasteiger charge is 2.29. The first-order valence-corrected chi connectivity index (χ1v) is 15.3. The number of aryl methyl sites for hydroxylation is 1. The lowest BCUT2D eigenvalue weighted by atomic mass is 10.2. The van der Waals surface area contributed by atoms with Gasteiger partial charge < -0.3 is 10.1 Å². The monoisotopic (exact) mass is 557 g/mol. The van der Waals surface area contributed by atoms with E-state index in [1.54, 1.807) is 31.2 Å². The summed E-state index contributed by atoms with van der Waals surface area (Å²) in [4.78, 5) is 12.9. The number of sulfonamides is 2. The average Bonchev–Trinajstić information content (AvgIpc) is 2.84. The van der Waals surface area contributed by atoms with Gasteiger partial charge in [0.15, 0.2) is 0 Å². The van der Waals surface area contributed by atoms with E-state index in [1.165, 1.54) is 29.4 Å². The third-order valence-electron chi connectivity index (χ3n) is 5.94. The van der Waals surface area contributed by atoms with Gasteiger partial charge in [0.2, 0.25) is 26.0 Å². The lowest BCUT2D eigenvalue weighted by molar-refractivity contribution is -0.121. The zero-order chi connectivity index (χ0) is 26.5. The maximum Gasteiger partial charge on any atom is 0.243 e. The SMILES string of the molecule is Cc1ccc(N(C(C)C(=O)NCCOc2ccc(S(=O)(=O)N3CCCCC3)cc2)S(C)(=O)=O)cc1Cl. The number of halogens is 1. The second-order valence-electron chi connectivity index (χ2n) is 8.74. The molecule has 1 fully saturated rings. The Hall–Kier alpha value is -2.34. The molecule has 0 aliphatic carbocycles. The number of hydrogen-bond donors (Lipinski definition) is 1. The van der Waals surface area contributed by atoms with Gasteiger partial charge in [0.05, 0.1) is 23.4 Å². The molecular weight excluding hydrogens is 526 g/mol. The lowest BCUT2D eigenvalue weighted by Gasteiger charge is -2.28. The van der Waals surface area contributed by atoms with Crippen molar-refractivity contribution in [1.82, 2.24) is 9.62 Å². The molecule has 1 amide bonds. The maximum atomic E-state index is 12.7. The van der Waals surface area contributed by atoms with Gasteiger partial charge in [-0.2, -0.15) is 4.31 Å². The summed E-state index contributed by atoms with van der Waals surface area (Å²) >= 11 is 6.15. The summed E-state index contributed by atoms with van der Waals surface area (Å²) in [5.74, 6) is -0.0364. The van der Waals surface area contributed by atoms with Crippen LogP contribution in [0.25, 0.3) is 0 Å². The predicted molar refractivity (Wildman–Crippen MR) is 141 cm³/mol. The molecule has 0 saturated carbocycles. The zero-order valence-electron chi connectivity index (χ0n) is 20.6. The summed E-state index contributed by atoms with van der Waals surface area (Å²) in [6.07, 6.45) is 3.81. The van der Waals surface area contributed by atoms with Crippen molar-refractivity contribution in [3.8, 4) is 5.75 Å². The Bertz CT molecular complexity index is 1280. The number of nitrogens with one attached hydrogen (secondary N) is 1. The lowest BCUT2D eigenvalue weighted by Crippen LogP contribution is -2.48. The molecule has 198 valence electrons. The molecule has 1 aliphatic rings. The summed E-state index contributed by atoms with van der Waals surface area (Å²) in [6.45, 7) is 4.61. The summed E-state index contributed by atoms with van der Waals surface area (Å²) in [5.41, 5.74) is 1.09. The zero-order valence-corrected chi connectivity index (χ0v) is 23.0. The van der Waals surface area contributed by atoms with E-state index in [0.29, 0.717) is 29.5 Å². The molecule has 0 aromatic heterocycles. The van der Waals surface area contributed by atoms with Crippen molar-refractivity contribution in [2.45, 2.75) is 44.0 Å². The van der Waals surface area contributed by atoms with E-state index in [-0.39, 0.29) is 18.0 Å². The standard InChI is InChI=1S/C24H32ClN3O6S2/c1-18-7-8-20(17-23(18)25)28(35(3,30)31)19(2)24(29)26-13-16-34-21-9-11-22(12-10-21)36(32,33)27-14-5-4-6-15-27/h7-12,17,19H,4-6,13-16H2,1-3H3,(H,26,29). The van der Waals surface area contributed by atoms with E-state index >= 15 is 0 Å². The molecule has 36 heavy (non-hydrogen) atoms. The molecule has 1 atom stereocenters. The van der Waals surface area contributed by atoms with Gasteiger partial charge in [-0.3, -0.25) is 9.10 Å². The van der Waals surface area contributed by atoms with Crippen molar-refractivity contribution in [2.75, 3.05) is 36.8 Å². The van der Waals surface area contributed by atoms with Crippen LogP contribution in [0.1, 0.15) is 31.7 Å². The molecule has 3 rings (SSSR count). The molecular formula is C24H32ClN3O6S2. The van der Waals surface area contributed by atoms with Crippen LogP contribution in [-0.4, -0.2) is 65.6 Å². The Morgan fingerprint density at radius 3 is 2.31 bits per heavy atom. The third-order valence-corrected chi connectivity index (χ3v) is 9.51. The van der Waals surface area contributed by atoms with E-state index in [9.17, 15) is 21.6 Å². The maximum absolute atomic E-state index is 12.7. The minimum Gasteiger partial charge on any atom is -0.492 e. The van der Waals surface area contributed by atoms with Crippen molar-refractivity contribution in [2.24, 2.45) is 0 Å². The van der Waals surface area contributed by atoms with Crippen LogP contribution < -0.4 is 14.4 Å². The fourth-order valence-corrected chi connectivity index (χ4v) is 6.84. The average molecular weight is 558 g/mol. The fourth-order valence-electron chi connectivity index (χ4n) is 3.98. The smallest absolute Gasteiger partial charge is 0.243 e. The molecule has 2 aromatic carbocycles. The van der Waals surface area contributed by atoms with Gasteiger partial charge in [-0.15, -0.1) is 0 Å². The van der Waals surface area contributed by atoms with Gasteiger partial charge in [-0.05, 0) is 68.7 Å². The van der Waals surface area contributed by atoms with Crippen molar-refractivity contribution >= 4 is 43.2 Å². The minimum absolute atomic E-state index is 0.117. The molecule has 2 aromatic rings. The molecule has 0 bridgehead atoms. The van der Waals surface area contributed by atoms with Crippen molar-refractivity contribution in [1.29, 1.82) is 0 Å². The number of carbonyl (C=O) groups excluding carboxylic acids is 1. The number of ether oxygens (including phenoxy) is 1. The number of hydrogen-bond acceptors (Lipinski definition) is 6. The molecule has 0 radical (unpaired) electrons. The molecule has 9 nitrogen and oxygen atoms in total. The predicted octanol–water partition coefficient (Wildman–Crippen LogP) is 3.17. The van der Waals surface area contributed by atoms with E-state index in [4.69, 9.17) is 16.3 Å². The summed E-state index contributed by atoms with van der Waals surface area (Å²) in [7, 11) is -7.27. The third kappa shape index (κ3) is 6.90. The molecule has 1 saturated heterocycles. The van der Waals surface area contributed by atoms with Crippen LogP contribution in [0.2, 0.25) is 5.02 Å². The number of carbonyl (C=O) groups is 1. The molecule has 12 heteroatoms. The number of rotatable bonds is 10. The van der Waals surface area contributed by atoms with Gasteiger partial charge in [-0.1, -0.05) is 24.1 Å². The van der Waals surface area contributed by atoms with Crippen LogP contribution in [0.3, 0.4) is 0 Å². The molecule has 1 unspecified atom stereocenters. The van der Waals surface area contributed by atoms with Crippen LogP contribution in [0.5, 0.6) is 5.75 Å². The minimum atomic E-state index is -3.76. The number of amides is 1. The van der Waals surface area contributed by atoms with Crippen molar-refractivity contribution in [3.63, 3.8) is 0 Å². The van der Waals surface area contributed by atoms with Gasteiger partial charge in [0, 0.05) is 18.1 Å². The van der Waals surface area contributed by atoms with Crippen molar-refractivity contribution < 1.29 is 26.4 Å². The first kappa shape index (κ1) is 28.2. The van der Waals surface area contributed by atoms with Crippen molar-refractivity contribution in [3.05, 3.63) is 53.1 Å². The molecule has 1 N–H and O–H groups in total. The topological polar surface area (TPSA) is 113 Å². The first-order chi connectivity index (χ1) is 16.9. The second-order valence-corrected chi connectivity index (χ2v) is 12.9. The van der Waals surface area contributed by atoms with E-state index in [0.717, 1.165) is 35.4 Å². The Kier molecular flexibility index (Phi) is 9.26. The van der Waals surface area contributed by atoms with E-state index in [2.05, 4.69) is 5.32 Å². The summed E-state index contributed by atoms with van der Waals surface area (Å²) in [5, 5.41) is 3.07. The van der Waals surface area contributed by atoms with E-state index < -0.39 is 32.0 Å². The van der Waals surface area contributed by atoms with Crippen LogP contribution in [-0.2, 0) is 24.8 Å². The molecule has 0 spiro atoms. The highest BCUT2D eigenvalue weighted by molar-refractivity contribution is 7.92. The van der Waals surface area contributed by atoms with Crippen LogP contribution in [0, 0.1) is 6.92 Å². The number of benzene rings is 2. The second kappa shape index (κ2) is 11.8. The highest BCUT2D eigenvalue weighted by atomic mass is 35.5. The quantitative estimate of drug-likeness (QED) is 0.449. The number of nitrogens with zero attached hydrogens (tertiary/aromatic N) is 2. The largest absolute Gasteiger partial charge is 0.492 e. The van der Waals surface area contributed by atoms with Gasteiger partial charge in [0.1, 0.15) is 18.4 Å². The van der Waals surface area contributed by atoms with Gasteiger partial charge in [-0.25, -0.2) is 16.8 Å². The number of anilines is 1. The highest BCUT2D eigenvalue weighted by Crippen LogP contribution is 2.27. The van der Waals surface area contributed by atoms with Crippen LogP contribution >= 0.6 is 11.6 Å². The summed E-state index contributed by atoms with van der Waals surface area (Å²) in [6, 6.07) is 9.97. The normalized spacial score (nSPS) is 15.8. The van der Waals surface area contributed by atoms with Gasteiger partial charge >= 0.3 is 0 Å². The number of piperidine rings is 1. The Balaban J connectivity index is 1.55. The van der Waals surface area contributed by atoms with E-state index in [1.807, 2.05) is 0 Å².